The van der Waals surface area contributed by atoms with Crippen molar-refractivity contribution in [3.63, 3.8) is 0 Å². The van der Waals surface area contributed by atoms with Crippen LogP contribution in [0.3, 0.4) is 0 Å². The molecule has 1 aromatic carbocycles. The summed E-state index contributed by atoms with van der Waals surface area (Å²) in [6, 6.07) is 7.53. The van der Waals surface area contributed by atoms with Crippen LogP contribution in [0.1, 0.15) is 57.2 Å². The molecule has 3 aliphatic rings. The Morgan fingerprint density at radius 1 is 1.19 bits per heavy atom. The predicted molar refractivity (Wildman–Crippen MR) is 127 cm³/mol. The molecule has 2 fully saturated rings. The smallest absolute Gasteiger partial charge is 0.384 e. The van der Waals surface area contributed by atoms with E-state index in [9.17, 15) is 22.8 Å². The first-order chi connectivity index (χ1) is 17.7. The van der Waals surface area contributed by atoms with Gasteiger partial charge < -0.3 is 16.0 Å². The summed E-state index contributed by atoms with van der Waals surface area (Å²) in [6.45, 7) is 0.552. The van der Waals surface area contributed by atoms with Gasteiger partial charge in [0.05, 0.1) is 29.9 Å². The zero-order valence-electron chi connectivity index (χ0n) is 19.8. The lowest BCUT2D eigenvalue weighted by Crippen LogP contribution is -2.29. The number of nitrogen functional groups attached to an aromatic ring is 1. The van der Waals surface area contributed by atoms with Crippen LogP contribution < -0.4 is 11.1 Å². The lowest BCUT2D eigenvalue weighted by molar-refractivity contribution is -0.139. The van der Waals surface area contributed by atoms with Gasteiger partial charge in [-0.2, -0.15) is 18.3 Å². The molecule has 0 spiro atoms. The first kappa shape index (κ1) is 23.5. The number of aromatic nitrogens is 3. The number of hydrogen-bond acceptors (Lipinski definition) is 5. The maximum Gasteiger partial charge on any atom is 0.416 e. The van der Waals surface area contributed by atoms with Crippen LogP contribution in [-0.4, -0.2) is 38.0 Å². The molecule has 0 bridgehead atoms. The highest BCUT2D eigenvalue weighted by molar-refractivity contribution is 5.94. The first-order valence-electron chi connectivity index (χ1n) is 12.2. The molecular formula is C26H25F3N6O2. The fourth-order valence-corrected chi connectivity index (χ4v) is 5.46. The summed E-state index contributed by atoms with van der Waals surface area (Å²) in [7, 11) is 0. The Balaban J connectivity index is 1.14. The zero-order chi connectivity index (χ0) is 25.9. The van der Waals surface area contributed by atoms with Gasteiger partial charge in [0.1, 0.15) is 5.82 Å². The Hall–Kier alpha value is -3.89. The van der Waals surface area contributed by atoms with Crippen molar-refractivity contribution in [2.45, 2.75) is 44.6 Å². The molecule has 0 radical (unpaired) electrons. The van der Waals surface area contributed by atoms with Crippen molar-refractivity contribution < 1.29 is 22.8 Å². The van der Waals surface area contributed by atoms with Crippen LogP contribution in [0.4, 0.5) is 19.0 Å². The van der Waals surface area contributed by atoms with Gasteiger partial charge in [0.25, 0.3) is 5.91 Å². The number of aryl methyl sites for hydroxylation is 1. The van der Waals surface area contributed by atoms with E-state index in [1.807, 2.05) is 6.07 Å². The van der Waals surface area contributed by atoms with Crippen LogP contribution in [0.5, 0.6) is 0 Å². The molecular weight excluding hydrogens is 485 g/mol. The number of hydrogen-bond donors (Lipinski definition) is 2. The summed E-state index contributed by atoms with van der Waals surface area (Å²) in [4.78, 5) is 30.9. The van der Waals surface area contributed by atoms with E-state index in [1.165, 1.54) is 28.0 Å². The highest BCUT2D eigenvalue weighted by atomic mass is 19.4. The molecule has 3 atom stereocenters. The van der Waals surface area contributed by atoms with Crippen molar-refractivity contribution in [3.05, 3.63) is 76.2 Å². The summed E-state index contributed by atoms with van der Waals surface area (Å²) in [6.07, 6.45) is 0.643. The monoisotopic (exact) mass is 510 g/mol. The molecule has 3 N–H and O–H groups in total. The van der Waals surface area contributed by atoms with Gasteiger partial charge in [-0.1, -0.05) is 18.2 Å². The number of piperidine rings is 1. The van der Waals surface area contributed by atoms with E-state index >= 15 is 0 Å². The third kappa shape index (κ3) is 4.54. The molecule has 2 aliphatic carbocycles. The van der Waals surface area contributed by atoms with E-state index in [0.29, 0.717) is 35.8 Å². The number of fused-ring (bicyclic) bond motifs is 2. The minimum absolute atomic E-state index is 0.00121. The van der Waals surface area contributed by atoms with Crippen molar-refractivity contribution in [2.24, 2.45) is 11.8 Å². The normalized spacial score (nSPS) is 22.2. The van der Waals surface area contributed by atoms with Crippen LogP contribution in [0.2, 0.25) is 0 Å². The molecule has 3 aromatic rings. The zero-order valence-corrected chi connectivity index (χ0v) is 19.8. The summed E-state index contributed by atoms with van der Waals surface area (Å²) in [5.74, 6) is 0.367. The Morgan fingerprint density at radius 3 is 2.78 bits per heavy atom. The number of anilines is 1. The van der Waals surface area contributed by atoms with Gasteiger partial charge in [0.2, 0.25) is 5.91 Å². The van der Waals surface area contributed by atoms with Gasteiger partial charge in [-0.15, -0.1) is 0 Å². The second-order valence-electron chi connectivity index (χ2n) is 10.1. The largest absolute Gasteiger partial charge is 0.416 e. The number of nitrogens with zero attached hydrogens (tertiary/aromatic N) is 4. The molecule has 8 nitrogen and oxygen atoms in total. The third-order valence-corrected chi connectivity index (χ3v) is 7.47. The van der Waals surface area contributed by atoms with Gasteiger partial charge in [-0.05, 0) is 54.0 Å². The van der Waals surface area contributed by atoms with Crippen LogP contribution in [0, 0.1) is 11.8 Å². The average Bonchev–Trinajstić information content (AvgIpc) is 3.13. The van der Waals surface area contributed by atoms with E-state index in [2.05, 4.69) is 15.4 Å². The van der Waals surface area contributed by atoms with Crippen LogP contribution in [0.15, 0.2) is 42.7 Å². The average molecular weight is 511 g/mol. The predicted octanol–water partition coefficient (Wildman–Crippen LogP) is 3.32. The van der Waals surface area contributed by atoms with E-state index in [-0.39, 0.29) is 42.4 Å². The minimum atomic E-state index is -4.55. The fraction of sp³-hybridized carbons (Fsp3) is 0.385. The summed E-state index contributed by atoms with van der Waals surface area (Å²) in [5.41, 5.74) is 7.59. The molecule has 6 rings (SSSR count). The van der Waals surface area contributed by atoms with E-state index in [4.69, 9.17) is 5.73 Å². The molecule has 11 heteroatoms. The summed E-state index contributed by atoms with van der Waals surface area (Å²) >= 11 is 0. The minimum Gasteiger partial charge on any atom is -0.384 e. The van der Waals surface area contributed by atoms with Gasteiger partial charge in [-0.3, -0.25) is 14.3 Å². The molecule has 2 unspecified atom stereocenters. The number of likely N-dealkylation sites (tertiary alicyclic amines) is 1. The molecule has 2 amide bonds. The second kappa shape index (κ2) is 8.60. The number of alkyl halides is 3. The Labute approximate surface area is 210 Å². The number of nitrogens with two attached hydrogens (primary N) is 1. The number of carbonyl (C=O) groups excluding carboxylic acids is 2. The lowest BCUT2D eigenvalue weighted by Gasteiger charge is -2.21. The Morgan fingerprint density at radius 2 is 2.03 bits per heavy atom. The number of rotatable bonds is 6. The van der Waals surface area contributed by atoms with Gasteiger partial charge in [-0.25, -0.2) is 4.98 Å². The number of carbonyl (C=O) groups is 2. The summed E-state index contributed by atoms with van der Waals surface area (Å²) in [5, 5.41) is 7.15. The second-order valence-corrected chi connectivity index (χ2v) is 10.1. The maximum absolute atomic E-state index is 13.9. The van der Waals surface area contributed by atoms with Crippen molar-refractivity contribution in [2.75, 3.05) is 12.3 Å². The van der Waals surface area contributed by atoms with Crippen molar-refractivity contribution in [1.82, 2.24) is 25.0 Å². The number of pyridine rings is 1. The fourth-order valence-electron chi connectivity index (χ4n) is 5.46. The molecule has 192 valence electrons. The Kier molecular flexibility index (Phi) is 5.46. The van der Waals surface area contributed by atoms with Crippen LogP contribution in [0.25, 0.3) is 0 Å². The van der Waals surface area contributed by atoms with Crippen molar-refractivity contribution in [3.8, 4) is 0 Å². The summed E-state index contributed by atoms with van der Waals surface area (Å²) < 4.78 is 43.0. The number of amides is 2. The number of halogens is 3. The van der Waals surface area contributed by atoms with Crippen molar-refractivity contribution in [1.29, 1.82) is 0 Å². The molecule has 1 aliphatic heterocycles. The molecule has 2 aromatic heterocycles. The molecule has 1 saturated heterocycles. The molecule has 37 heavy (non-hydrogen) atoms. The SMILES string of the molecule is Nc1ccc2c(n1)CC[C@H]2NC(=O)c1cnn(Cc2ccc(CN3CC4CC4C3=O)c(C(F)(F)F)c2)c1. The van der Waals surface area contributed by atoms with E-state index < -0.39 is 11.7 Å². The third-order valence-electron chi connectivity index (χ3n) is 7.47. The lowest BCUT2D eigenvalue weighted by atomic mass is 10.0. The van der Waals surface area contributed by atoms with E-state index in [0.717, 1.165) is 30.2 Å². The van der Waals surface area contributed by atoms with Crippen LogP contribution >= 0.6 is 0 Å². The van der Waals surface area contributed by atoms with Gasteiger partial charge in [0.15, 0.2) is 0 Å². The van der Waals surface area contributed by atoms with Crippen molar-refractivity contribution >= 4 is 17.6 Å². The highest BCUT2D eigenvalue weighted by Crippen LogP contribution is 2.46. The number of benzene rings is 1. The Bertz CT molecular complexity index is 1400. The topological polar surface area (TPSA) is 106 Å². The number of nitrogens with one attached hydrogen (secondary N) is 1. The van der Waals surface area contributed by atoms with Crippen LogP contribution in [-0.2, 0) is 30.5 Å². The first-order valence-corrected chi connectivity index (χ1v) is 12.2. The maximum atomic E-state index is 13.9. The standard InChI is InChI=1S/C26H25F3N6O2/c27-26(28,29)20-7-14(1-2-15(20)11-34-12-16-8-19(16)25(34)37)10-35-13-17(9-31-35)24(36)33-22-5-4-21-18(22)3-6-23(30)32-21/h1-3,6-7,9,13,16,19,22H,4-5,8,10-12H2,(H2,30,32)(H,33,36)/t16?,19?,22-/m1/s1. The van der Waals surface area contributed by atoms with Gasteiger partial charge >= 0.3 is 6.18 Å². The highest BCUT2D eigenvalue weighted by Gasteiger charge is 2.52. The quantitative estimate of drug-likeness (QED) is 0.529. The van der Waals surface area contributed by atoms with Gasteiger partial charge in [0, 0.05) is 30.9 Å². The molecule has 1 saturated carbocycles. The van der Waals surface area contributed by atoms with E-state index in [1.54, 1.807) is 12.1 Å². The molecule has 3 heterocycles.